The molecule has 1 fully saturated rings. The molecule has 1 heterocycles. The summed E-state index contributed by atoms with van der Waals surface area (Å²) < 4.78 is 17.0. The Balaban J connectivity index is 0.00000320. The van der Waals surface area contributed by atoms with Crippen LogP contribution < -0.4 is 20.1 Å². The molecule has 2 aromatic rings. The van der Waals surface area contributed by atoms with Crippen molar-refractivity contribution in [3.8, 4) is 11.5 Å². The number of rotatable bonds is 8. The molecule has 7 nitrogen and oxygen atoms in total. The molecule has 1 aromatic carbocycles. The van der Waals surface area contributed by atoms with Gasteiger partial charge in [-0.05, 0) is 43.7 Å². The van der Waals surface area contributed by atoms with Crippen molar-refractivity contribution >= 4 is 29.9 Å². The zero-order valence-electron chi connectivity index (χ0n) is 18.2. The van der Waals surface area contributed by atoms with E-state index in [0.29, 0.717) is 31.1 Å². The summed E-state index contributed by atoms with van der Waals surface area (Å²) >= 11 is 0. The Morgan fingerprint density at radius 3 is 2.57 bits per heavy atom. The molecule has 0 radical (unpaired) electrons. The van der Waals surface area contributed by atoms with Crippen molar-refractivity contribution in [2.24, 2.45) is 4.99 Å². The number of methoxy groups -OCH3 is 1. The van der Waals surface area contributed by atoms with E-state index >= 15 is 0 Å². The molecule has 0 amide bonds. The van der Waals surface area contributed by atoms with Gasteiger partial charge >= 0.3 is 0 Å². The quantitative estimate of drug-likeness (QED) is 0.296. The highest BCUT2D eigenvalue weighted by Gasteiger charge is 2.18. The predicted octanol–water partition coefficient (Wildman–Crippen LogP) is 4.61. The highest BCUT2D eigenvalue weighted by molar-refractivity contribution is 14.0. The lowest BCUT2D eigenvalue weighted by molar-refractivity contribution is 0.207. The predicted molar refractivity (Wildman–Crippen MR) is 129 cm³/mol. The van der Waals surface area contributed by atoms with Crippen LogP contribution in [0.5, 0.6) is 11.5 Å². The van der Waals surface area contributed by atoms with Crippen LogP contribution in [-0.2, 0) is 13.1 Å². The van der Waals surface area contributed by atoms with Crippen molar-refractivity contribution < 1.29 is 14.0 Å². The van der Waals surface area contributed by atoms with E-state index in [1.54, 1.807) is 14.2 Å². The molecule has 2 N–H and O–H groups in total. The van der Waals surface area contributed by atoms with Gasteiger partial charge < -0.3 is 24.6 Å². The molecule has 1 aromatic heterocycles. The van der Waals surface area contributed by atoms with Crippen molar-refractivity contribution in [2.75, 3.05) is 14.2 Å². The Kier molecular flexibility index (Phi) is 9.74. The molecule has 0 atom stereocenters. The number of nitrogens with zero attached hydrogens (tertiary/aromatic N) is 2. The average Bonchev–Trinajstić information content (AvgIpc) is 3.41. The molecule has 0 unspecified atom stereocenters. The molecule has 3 rings (SSSR count). The first-order valence-electron chi connectivity index (χ1n) is 10.3. The normalized spacial score (nSPS) is 14.5. The summed E-state index contributed by atoms with van der Waals surface area (Å²) in [6.07, 6.45) is 4.99. The van der Waals surface area contributed by atoms with Crippen LogP contribution in [-0.4, -0.2) is 31.4 Å². The molecule has 166 valence electrons. The summed E-state index contributed by atoms with van der Waals surface area (Å²) in [5.41, 5.74) is 2.03. The Labute approximate surface area is 196 Å². The molecular formula is C22H33IN4O3. The molecule has 0 bridgehead atoms. The van der Waals surface area contributed by atoms with Crippen LogP contribution >= 0.6 is 24.0 Å². The minimum atomic E-state index is 0. The van der Waals surface area contributed by atoms with Crippen LogP contribution in [0, 0.1) is 0 Å². The van der Waals surface area contributed by atoms with Crippen LogP contribution in [0.2, 0.25) is 0 Å². The molecule has 30 heavy (non-hydrogen) atoms. The Bertz CT molecular complexity index is 816. The van der Waals surface area contributed by atoms with Crippen LogP contribution in [0.15, 0.2) is 33.8 Å². The first-order valence-corrected chi connectivity index (χ1v) is 10.3. The summed E-state index contributed by atoms with van der Waals surface area (Å²) in [5, 5.41) is 10.7. The standard InChI is InChI=1S/C22H32N4O3.HI/c1-15(2)20-11-19(29-26-20)14-25-22(23-3)24-13-16-9-10-18(27-4)12-21(16)28-17-7-5-6-8-17;/h9-12,15,17H,5-8,13-14H2,1-4H3,(H2,23,24,25);1H. The minimum absolute atomic E-state index is 0. The van der Waals surface area contributed by atoms with Crippen LogP contribution in [0.1, 0.15) is 62.5 Å². The van der Waals surface area contributed by atoms with Crippen molar-refractivity contribution in [2.45, 2.75) is 64.6 Å². The van der Waals surface area contributed by atoms with Gasteiger partial charge in [0.25, 0.3) is 0 Å². The topological polar surface area (TPSA) is 80.9 Å². The second kappa shape index (κ2) is 12.0. The van der Waals surface area contributed by atoms with Gasteiger partial charge in [0.2, 0.25) is 0 Å². The van der Waals surface area contributed by atoms with Gasteiger partial charge in [0.1, 0.15) is 11.5 Å². The Morgan fingerprint density at radius 1 is 1.20 bits per heavy atom. The van der Waals surface area contributed by atoms with Gasteiger partial charge in [-0.2, -0.15) is 0 Å². The van der Waals surface area contributed by atoms with Crippen LogP contribution in [0.25, 0.3) is 0 Å². The lowest BCUT2D eigenvalue weighted by Gasteiger charge is -2.18. The lowest BCUT2D eigenvalue weighted by Crippen LogP contribution is -2.36. The fraction of sp³-hybridized carbons (Fsp3) is 0.545. The second-order valence-corrected chi connectivity index (χ2v) is 7.65. The molecule has 8 heteroatoms. The Morgan fingerprint density at radius 2 is 1.93 bits per heavy atom. The second-order valence-electron chi connectivity index (χ2n) is 7.65. The fourth-order valence-corrected chi connectivity index (χ4v) is 3.36. The van der Waals surface area contributed by atoms with Gasteiger partial charge in [-0.1, -0.05) is 19.0 Å². The number of guanidine groups is 1. The molecule has 1 saturated carbocycles. The first kappa shape index (κ1) is 24.3. The van der Waals surface area contributed by atoms with Crippen LogP contribution in [0.3, 0.4) is 0 Å². The summed E-state index contributed by atoms with van der Waals surface area (Å²) in [6, 6.07) is 7.93. The van der Waals surface area contributed by atoms with Gasteiger partial charge in [0.05, 0.1) is 25.5 Å². The third kappa shape index (κ3) is 6.78. The zero-order chi connectivity index (χ0) is 20.6. The first-order chi connectivity index (χ1) is 14.1. The third-order valence-electron chi connectivity index (χ3n) is 5.14. The Hall–Kier alpha value is -1.97. The van der Waals surface area contributed by atoms with Gasteiger partial charge in [0, 0.05) is 31.3 Å². The largest absolute Gasteiger partial charge is 0.497 e. The van der Waals surface area contributed by atoms with E-state index in [-0.39, 0.29) is 24.0 Å². The van der Waals surface area contributed by atoms with Gasteiger partial charge in [0.15, 0.2) is 11.7 Å². The number of ether oxygens (including phenoxy) is 2. The van der Waals surface area contributed by atoms with Crippen molar-refractivity contribution in [1.82, 2.24) is 15.8 Å². The molecular weight excluding hydrogens is 495 g/mol. The molecule has 0 aliphatic heterocycles. The summed E-state index contributed by atoms with van der Waals surface area (Å²) in [7, 11) is 3.42. The van der Waals surface area contributed by atoms with E-state index in [1.807, 2.05) is 24.3 Å². The summed E-state index contributed by atoms with van der Waals surface area (Å²) in [5.74, 6) is 3.49. The van der Waals surface area contributed by atoms with Crippen molar-refractivity contribution in [1.29, 1.82) is 0 Å². The number of hydrogen-bond acceptors (Lipinski definition) is 5. The number of aromatic nitrogens is 1. The van der Waals surface area contributed by atoms with E-state index in [0.717, 1.165) is 41.4 Å². The average molecular weight is 528 g/mol. The fourth-order valence-electron chi connectivity index (χ4n) is 3.36. The van der Waals surface area contributed by atoms with E-state index in [9.17, 15) is 0 Å². The van der Waals surface area contributed by atoms with E-state index in [2.05, 4.69) is 34.6 Å². The lowest BCUT2D eigenvalue weighted by atomic mass is 10.1. The third-order valence-corrected chi connectivity index (χ3v) is 5.14. The maximum atomic E-state index is 6.27. The van der Waals surface area contributed by atoms with Gasteiger partial charge in [-0.25, -0.2) is 0 Å². The smallest absolute Gasteiger partial charge is 0.191 e. The number of nitrogens with one attached hydrogen (secondary N) is 2. The highest BCUT2D eigenvalue weighted by atomic mass is 127. The van der Waals surface area contributed by atoms with E-state index < -0.39 is 0 Å². The number of hydrogen-bond donors (Lipinski definition) is 2. The number of halogens is 1. The monoisotopic (exact) mass is 528 g/mol. The number of benzene rings is 1. The van der Waals surface area contributed by atoms with Gasteiger partial charge in [-0.15, -0.1) is 24.0 Å². The maximum Gasteiger partial charge on any atom is 0.191 e. The van der Waals surface area contributed by atoms with Crippen molar-refractivity contribution in [3.63, 3.8) is 0 Å². The molecule has 0 spiro atoms. The molecule has 1 aliphatic rings. The van der Waals surface area contributed by atoms with Crippen LogP contribution in [0.4, 0.5) is 0 Å². The van der Waals surface area contributed by atoms with Gasteiger partial charge in [-0.3, -0.25) is 4.99 Å². The molecule has 0 saturated heterocycles. The van der Waals surface area contributed by atoms with Crippen molar-refractivity contribution in [3.05, 3.63) is 41.3 Å². The zero-order valence-corrected chi connectivity index (χ0v) is 20.6. The van der Waals surface area contributed by atoms with E-state index in [4.69, 9.17) is 14.0 Å². The SMILES string of the molecule is CN=C(NCc1cc(C(C)C)no1)NCc1ccc(OC)cc1OC1CCCC1.I. The van der Waals surface area contributed by atoms with E-state index in [1.165, 1.54) is 12.8 Å². The number of aliphatic imine (C=N–C) groups is 1. The molecule has 1 aliphatic carbocycles. The highest BCUT2D eigenvalue weighted by Crippen LogP contribution is 2.30. The minimum Gasteiger partial charge on any atom is -0.497 e. The summed E-state index contributed by atoms with van der Waals surface area (Å²) in [6.45, 7) is 5.30. The summed E-state index contributed by atoms with van der Waals surface area (Å²) in [4.78, 5) is 4.29. The maximum absolute atomic E-state index is 6.27.